The number of aryl methyl sites for hydroxylation is 4. The molecular weight excluding hydrogens is 262 g/mol. The zero-order chi connectivity index (χ0) is 15.4. The first-order chi connectivity index (χ1) is 10.1. The predicted octanol–water partition coefficient (Wildman–Crippen LogP) is 2.40. The van der Waals surface area contributed by atoms with Gasteiger partial charge in [0.25, 0.3) is 0 Å². The molecule has 5 heteroatoms. The molecule has 0 amide bonds. The number of hydrogen-bond acceptors (Lipinski definition) is 3. The second kappa shape index (κ2) is 6.89. The van der Waals surface area contributed by atoms with Crippen LogP contribution in [0.25, 0.3) is 0 Å². The van der Waals surface area contributed by atoms with Crippen molar-refractivity contribution in [3.8, 4) is 0 Å². The zero-order valence-corrected chi connectivity index (χ0v) is 13.8. The standard InChI is InChI=1S/C16H27N5/c1-6-13-10-14(20(5)19-13)11-15(17-7-2)16-9-12(4)18-21(16)8-3/h9-10,15,17H,6-8,11H2,1-5H3. The summed E-state index contributed by atoms with van der Waals surface area (Å²) in [6.45, 7) is 10.3. The highest BCUT2D eigenvalue weighted by Crippen LogP contribution is 2.20. The molecule has 0 saturated carbocycles. The maximum absolute atomic E-state index is 4.57. The Morgan fingerprint density at radius 1 is 1.19 bits per heavy atom. The molecule has 1 atom stereocenters. The Bertz CT molecular complexity index is 582. The Balaban J connectivity index is 2.27. The zero-order valence-electron chi connectivity index (χ0n) is 13.8. The normalized spacial score (nSPS) is 12.8. The molecule has 0 radical (unpaired) electrons. The maximum atomic E-state index is 4.57. The molecule has 2 rings (SSSR count). The molecule has 0 saturated heterocycles. The lowest BCUT2D eigenvalue weighted by molar-refractivity contribution is 0.478. The van der Waals surface area contributed by atoms with Gasteiger partial charge in [-0.05, 0) is 38.9 Å². The molecular formula is C16H27N5. The van der Waals surface area contributed by atoms with E-state index in [2.05, 4.69) is 60.0 Å². The first-order valence-electron chi connectivity index (χ1n) is 7.88. The van der Waals surface area contributed by atoms with Crippen LogP contribution < -0.4 is 5.32 Å². The second-order valence-corrected chi connectivity index (χ2v) is 5.44. The lowest BCUT2D eigenvalue weighted by atomic mass is 10.1. The van der Waals surface area contributed by atoms with Gasteiger partial charge < -0.3 is 5.32 Å². The third-order valence-corrected chi connectivity index (χ3v) is 3.84. The number of rotatable bonds is 7. The quantitative estimate of drug-likeness (QED) is 0.851. The highest BCUT2D eigenvalue weighted by Gasteiger charge is 2.18. The Hall–Kier alpha value is -1.62. The molecule has 0 fully saturated rings. The summed E-state index contributed by atoms with van der Waals surface area (Å²) in [7, 11) is 2.03. The molecule has 2 aromatic heterocycles. The van der Waals surface area contributed by atoms with E-state index in [4.69, 9.17) is 0 Å². The highest BCUT2D eigenvalue weighted by atomic mass is 15.3. The number of hydrogen-bond donors (Lipinski definition) is 1. The van der Waals surface area contributed by atoms with Crippen LogP contribution in [-0.4, -0.2) is 26.1 Å². The molecule has 2 aromatic rings. The fourth-order valence-corrected chi connectivity index (χ4v) is 2.77. The third-order valence-electron chi connectivity index (χ3n) is 3.84. The third kappa shape index (κ3) is 3.53. The van der Waals surface area contributed by atoms with Crippen molar-refractivity contribution in [1.82, 2.24) is 24.9 Å². The maximum Gasteiger partial charge on any atom is 0.0624 e. The largest absolute Gasteiger partial charge is 0.309 e. The van der Waals surface area contributed by atoms with E-state index in [9.17, 15) is 0 Å². The van der Waals surface area contributed by atoms with Crippen LogP contribution in [0.4, 0.5) is 0 Å². The second-order valence-electron chi connectivity index (χ2n) is 5.44. The van der Waals surface area contributed by atoms with E-state index < -0.39 is 0 Å². The molecule has 116 valence electrons. The van der Waals surface area contributed by atoms with Crippen molar-refractivity contribution in [3.63, 3.8) is 0 Å². The van der Waals surface area contributed by atoms with Crippen molar-refractivity contribution in [2.75, 3.05) is 6.54 Å². The van der Waals surface area contributed by atoms with Crippen LogP contribution in [0.3, 0.4) is 0 Å². The van der Waals surface area contributed by atoms with Gasteiger partial charge in [-0.2, -0.15) is 10.2 Å². The lowest BCUT2D eigenvalue weighted by Crippen LogP contribution is -2.26. The fourth-order valence-electron chi connectivity index (χ4n) is 2.77. The molecule has 0 bridgehead atoms. The van der Waals surface area contributed by atoms with Gasteiger partial charge in [-0.15, -0.1) is 0 Å². The van der Waals surface area contributed by atoms with Crippen LogP contribution in [-0.2, 0) is 26.4 Å². The Morgan fingerprint density at radius 2 is 1.95 bits per heavy atom. The van der Waals surface area contributed by atoms with Crippen molar-refractivity contribution in [2.45, 2.75) is 53.1 Å². The van der Waals surface area contributed by atoms with Crippen LogP contribution in [0, 0.1) is 6.92 Å². The Kier molecular flexibility index (Phi) is 5.17. The van der Waals surface area contributed by atoms with Gasteiger partial charge in [0.15, 0.2) is 0 Å². The summed E-state index contributed by atoms with van der Waals surface area (Å²) in [4.78, 5) is 0. The summed E-state index contributed by atoms with van der Waals surface area (Å²) in [6.07, 6.45) is 1.91. The van der Waals surface area contributed by atoms with Crippen molar-refractivity contribution in [2.24, 2.45) is 7.05 Å². The molecule has 0 aromatic carbocycles. The summed E-state index contributed by atoms with van der Waals surface area (Å²) in [5, 5.41) is 12.7. The van der Waals surface area contributed by atoms with E-state index in [-0.39, 0.29) is 6.04 Å². The predicted molar refractivity (Wildman–Crippen MR) is 85.3 cm³/mol. The molecule has 1 unspecified atom stereocenters. The first-order valence-corrected chi connectivity index (χ1v) is 7.88. The first kappa shape index (κ1) is 15.8. The molecule has 2 heterocycles. The van der Waals surface area contributed by atoms with E-state index in [1.54, 1.807) is 0 Å². The number of nitrogens with zero attached hydrogens (tertiary/aromatic N) is 4. The van der Waals surface area contributed by atoms with Crippen LogP contribution in [0.1, 0.15) is 49.6 Å². The smallest absolute Gasteiger partial charge is 0.0624 e. The summed E-state index contributed by atoms with van der Waals surface area (Å²) >= 11 is 0. The molecule has 0 spiro atoms. The van der Waals surface area contributed by atoms with E-state index in [1.807, 2.05) is 11.7 Å². The Morgan fingerprint density at radius 3 is 2.52 bits per heavy atom. The van der Waals surface area contributed by atoms with Crippen LogP contribution in [0.5, 0.6) is 0 Å². The minimum absolute atomic E-state index is 0.274. The molecule has 1 N–H and O–H groups in total. The van der Waals surface area contributed by atoms with Gasteiger partial charge in [0.2, 0.25) is 0 Å². The summed E-state index contributed by atoms with van der Waals surface area (Å²) < 4.78 is 4.10. The molecule has 0 aliphatic carbocycles. The number of likely N-dealkylation sites (N-methyl/N-ethyl adjacent to an activating group) is 1. The van der Waals surface area contributed by atoms with Gasteiger partial charge in [0.05, 0.1) is 23.1 Å². The van der Waals surface area contributed by atoms with E-state index in [0.29, 0.717) is 0 Å². The van der Waals surface area contributed by atoms with Crippen LogP contribution in [0.2, 0.25) is 0 Å². The van der Waals surface area contributed by atoms with Crippen LogP contribution >= 0.6 is 0 Å². The summed E-state index contributed by atoms with van der Waals surface area (Å²) in [5.74, 6) is 0. The van der Waals surface area contributed by atoms with Crippen molar-refractivity contribution in [3.05, 3.63) is 34.9 Å². The van der Waals surface area contributed by atoms with E-state index >= 15 is 0 Å². The fraction of sp³-hybridized carbons (Fsp3) is 0.625. The Labute approximate surface area is 127 Å². The van der Waals surface area contributed by atoms with Gasteiger partial charge in [0.1, 0.15) is 0 Å². The monoisotopic (exact) mass is 289 g/mol. The number of aromatic nitrogens is 4. The van der Waals surface area contributed by atoms with Gasteiger partial charge in [-0.1, -0.05) is 13.8 Å². The SMILES string of the molecule is CCNC(Cc1cc(CC)nn1C)c1cc(C)nn1CC. The molecule has 21 heavy (non-hydrogen) atoms. The average molecular weight is 289 g/mol. The highest BCUT2D eigenvalue weighted by molar-refractivity contribution is 5.18. The number of nitrogens with one attached hydrogen (secondary N) is 1. The topological polar surface area (TPSA) is 47.7 Å². The molecule has 5 nitrogen and oxygen atoms in total. The average Bonchev–Trinajstić information content (AvgIpc) is 3.01. The van der Waals surface area contributed by atoms with Crippen LogP contribution in [0.15, 0.2) is 12.1 Å². The van der Waals surface area contributed by atoms with E-state index in [1.165, 1.54) is 11.4 Å². The van der Waals surface area contributed by atoms with Crippen molar-refractivity contribution >= 4 is 0 Å². The van der Waals surface area contributed by atoms with Gasteiger partial charge in [-0.3, -0.25) is 9.36 Å². The minimum Gasteiger partial charge on any atom is -0.309 e. The van der Waals surface area contributed by atoms with Crippen molar-refractivity contribution in [1.29, 1.82) is 0 Å². The lowest BCUT2D eigenvalue weighted by Gasteiger charge is -2.19. The van der Waals surface area contributed by atoms with Gasteiger partial charge in [-0.25, -0.2) is 0 Å². The summed E-state index contributed by atoms with van der Waals surface area (Å²) in [6, 6.07) is 4.67. The van der Waals surface area contributed by atoms with E-state index in [0.717, 1.165) is 37.3 Å². The molecule has 0 aliphatic rings. The van der Waals surface area contributed by atoms with Crippen molar-refractivity contribution < 1.29 is 0 Å². The van der Waals surface area contributed by atoms with Gasteiger partial charge >= 0.3 is 0 Å². The summed E-state index contributed by atoms with van der Waals surface area (Å²) in [5.41, 5.74) is 4.76. The van der Waals surface area contributed by atoms with Gasteiger partial charge in [0, 0.05) is 25.7 Å². The minimum atomic E-state index is 0.274. The molecule has 0 aliphatic heterocycles.